The van der Waals surface area contributed by atoms with Crippen LogP contribution in [0.5, 0.6) is 0 Å². The molecule has 1 aromatic heterocycles. The van der Waals surface area contributed by atoms with E-state index in [9.17, 15) is 10.1 Å². The first-order valence-corrected chi connectivity index (χ1v) is 6.35. The van der Waals surface area contributed by atoms with Gasteiger partial charge in [0.2, 0.25) is 0 Å². The minimum atomic E-state index is -0.377. The number of halogens is 1. The molecule has 0 saturated carbocycles. The van der Waals surface area contributed by atoms with Gasteiger partial charge in [0.15, 0.2) is 11.4 Å². The summed E-state index contributed by atoms with van der Waals surface area (Å²) in [7, 11) is 0. The largest absolute Gasteiger partial charge is 0.334 e. The van der Waals surface area contributed by atoms with Gasteiger partial charge in [-0.3, -0.25) is 9.13 Å². The quantitative estimate of drug-likeness (QED) is 0.852. The number of nitrogens with zero attached hydrogens (tertiary/aromatic N) is 4. The van der Waals surface area contributed by atoms with E-state index in [2.05, 4.69) is 15.9 Å². The lowest BCUT2D eigenvalue weighted by molar-refractivity contribution is 0.706. The summed E-state index contributed by atoms with van der Waals surface area (Å²) in [5.74, 6) is 0. The molecule has 0 radical (unpaired) electrons. The van der Waals surface area contributed by atoms with Crippen molar-refractivity contribution in [3.8, 4) is 17.8 Å². The Morgan fingerprint density at radius 2 is 1.74 bits per heavy atom. The summed E-state index contributed by atoms with van der Waals surface area (Å²) >= 11 is 3.31. The Balaban J connectivity index is 2.82. The number of hydrogen-bond acceptors (Lipinski definition) is 3. The molecule has 5 nitrogen and oxygen atoms in total. The van der Waals surface area contributed by atoms with Crippen molar-refractivity contribution >= 4 is 15.9 Å². The topological polar surface area (TPSA) is 74.5 Å². The lowest BCUT2D eigenvalue weighted by atomic mass is 10.3. The van der Waals surface area contributed by atoms with E-state index in [1.54, 1.807) is 31.2 Å². The summed E-state index contributed by atoms with van der Waals surface area (Å²) in [6.07, 6.45) is 0. The van der Waals surface area contributed by atoms with Crippen LogP contribution in [-0.2, 0) is 6.54 Å². The van der Waals surface area contributed by atoms with Gasteiger partial charge in [-0.2, -0.15) is 10.5 Å². The highest BCUT2D eigenvalue weighted by Gasteiger charge is 2.19. The Bertz CT molecular complexity index is 756. The molecule has 0 unspecified atom stereocenters. The van der Waals surface area contributed by atoms with E-state index >= 15 is 0 Å². The van der Waals surface area contributed by atoms with Crippen molar-refractivity contribution in [1.82, 2.24) is 9.13 Å². The molecule has 1 aromatic carbocycles. The zero-order chi connectivity index (χ0) is 14.0. The highest BCUT2D eigenvalue weighted by Crippen LogP contribution is 2.16. The third-order valence-electron chi connectivity index (χ3n) is 2.75. The van der Waals surface area contributed by atoms with Gasteiger partial charge in [0.25, 0.3) is 0 Å². The first-order valence-electron chi connectivity index (χ1n) is 5.55. The average Bonchev–Trinajstić information content (AvgIpc) is 2.71. The summed E-state index contributed by atoms with van der Waals surface area (Å²) in [6.45, 7) is 2.11. The Morgan fingerprint density at radius 3 is 2.21 bits per heavy atom. The van der Waals surface area contributed by atoms with Crippen LogP contribution in [0, 0.1) is 22.7 Å². The van der Waals surface area contributed by atoms with Crippen LogP contribution >= 0.6 is 15.9 Å². The predicted molar refractivity (Wildman–Crippen MR) is 72.8 cm³/mol. The minimum absolute atomic E-state index is 0.0664. The van der Waals surface area contributed by atoms with Crippen molar-refractivity contribution in [2.45, 2.75) is 13.5 Å². The Kier molecular flexibility index (Phi) is 3.55. The fraction of sp³-hybridized carbons (Fsp3) is 0.154. The summed E-state index contributed by atoms with van der Waals surface area (Å²) in [6, 6.07) is 10.8. The Hall–Kier alpha value is -2.31. The van der Waals surface area contributed by atoms with Crippen LogP contribution in [0.15, 0.2) is 33.5 Å². The number of rotatable bonds is 2. The molecule has 0 N–H and O–H groups in total. The van der Waals surface area contributed by atoms with Crippen LogP contribution in [-0.4, -0.2) is 9.13 Å². The lowest BCUT2D eigenvalue weighted by Crippen LogP contribution is -2.23. The average molecular weight is 317 g/mol. The van der Waals surface area contributed by atoms with Gasteiger partial charge in [0.05, 0.1) is 5.69 Å². The van der Waals surface area contributed by atoms with E-state index < -0.39 is 0 Å². The van der Waals surface area contributed by atoms with Gasteiger partial charge in [-0.1, -0.05) is 15.9 Å². The van der Waals surface area contributed by atoms with Crippen LogP contribution < -0.4 is 5.69 Å². The van der Waals surface area contributed by atoms with Crippen LogP contribution in [0.1, 0.15) is 18.3 Å². The predicted octanol–water partition coefficient (Wildman–Crippen LogP) is 2.16. The normalized spacial score (nSPS) is 9.89. The van der Waals surface area contributed by atoms with E-state index in [0.29, 0.717) is 12.2 Å². The standard InChI is InChI=1S/C13H9BrN4O/c1-2-17-11(7-15)12(8-16)18(13(17)19)10-5-3-9(14)4-6-10/h3-6H,2H2,1H3. The summed E-state index contributed by atoms with van der Waals surface area (Å²) in [5.41, 5.74) is 0.348. The molecule has 1 heterocycles. The number of hydrogen-bond donors (Lipinski definition) is 0. The fourth-order valence-corrected chi connectivity index (χ4v) is 2.15. The summed E-state index contributed by atoms with van der Waals surface area (Å²) in [5, 5.41) is 18.3. The van der Waals surface area contributed by atoms with E-state index in [4.69, 9.17) is 5.26 Å². The number of nitriles is 2. The zero-order valence-corrected chi connectivity index (χ0v) is 11.7. The van der Waals surface area contributed by atoms with E-state index in [1.165, 1.54) is 9.13 Å². The molecule has 94 valence electrons. The van der Waals surface area contributed by atoms with Crippen LogP contribution in [0.3, 0.4) is 0 Å². The second-order valence-corrected chi connectivity index (χ2v) is 4.68. The molecule has 0 fully saturated rings. The maximum absolute atomic E-state index is 12.3. The molecule has 0 atom stereocenters. The Morgan fingerprint density at radius 1 is 1.16 bits per heavy atom. The molecular weight excluding hydrogens is 308 g/mol. The highest BCUT2D eigenvalue weighted by molar-refractivity contribution is 9.10. The molecule has 0 amide bonds. The molecule has 0 aliphatic heterocycles. The third kappa shape index (κ3) is 2.07. The number of aromatic nitrogens is 2. The van der Waals surface area contributed by atoms with Crippen LogP contribution in [0.25, 0.3) is 5.69 Å². The van der Waals surface area contributed by atoms with Gasteiger partial charge in [0.1, 0.15) is 12.1 Å². The maximum atomic E-state index is 12.3. The molecule has 6 heteroatoms. The summed E-state index contributed by atoms with van der Waals surface area (Å²) in [4.78, 5) is 12.3. The van der Waals surface area contributed by atoms with Gasteiger partial charge in [-0.15, -0.1) is 0 Å². The van der Waals surface area contributed by atoms with Gasteiger partial charge in [-0.05, 0) is 31.2 Å². The smallest absolute Gasteiger partial charge is 0.282 e. The monoisotopic (exact) mass is 316 g/mol. The third-order valence-corrected chi connectivity index (χ3v) is 3.28. The van der Waals surface area contributed by atoms with Gasteiger partial charge in [-0.25, -0.2) is 4.79 Å². The second-order valence-electron chi connectivity index (χ2n) is 3.76. The van der Waals surface area contributed by atoms with Crippen molar-refractivity contribution in [1.29, 1.82) is 10.5 Å². The molecule has 0 bridgehead atoms. The van der Waals surface area contributed by atoms with E-state index in [1.807, 2.05) is 12.1 Å². The first-order chi connectivity index (χ1) is 9.13. The molecule has 2 aromatic rings. The molecule has 2 rings (SSSR count). The molecular formula is C13H9BrN4O. The van der Waals surface area contributed by atoms with Gasteiger partial charge < -0.3 is 0 Å². The second kappa shape index (κ2) is 5.13. The Labute approximate surface area is 118 Å². The van der Waals surface area contributed by atoms with Crippen molar-refractivity contribution in [2.75, 3.05) is 0 Å². The van der Waals surface area contributed by atoms with Crippen molar-refractivity contribution in [3.05, 3.63) is 50.6 Å². The number of imidazole rings is 1. The molecule has 19 heavy (non-hydrogen) atoms. The first kappa shape index (κ1) is 13.1. The number of benzene rings is 1. The summed E-state index contributed by atoms with van der Waals surface area (Å²) < 4.78 is 3.42. The van der Waals surface area contributed by atoms with Gasteiger partial charge in [0, 0.05) is 11.0 Å². The SMILES string of the molecule is CCn1c(C#N)c(C#N)n(-c2ccc(Br)cc2)c1=O. The van der Waals surface area contributed by atoms with Crippen LogP contribution in [0.2, 0.25) is 0 Å². The molecule has 0 aliphatic carbocycles. The van der Waals surface area contributed by atoms with Crippen molar-refractivity contribution < 1.29 is 0 Å². The van der Waals surface area contributed by atoms with Crippen molar-refractivity contribution in [3.63, 3.8) is 0 Å². The zero-order valence-electron chi connectivity index (χ0n) is 10.1. The van der Waals surface area contributed by atoms with E-state index in [0.717, 1.165) is 4.47 Å². The molecule has 0 saturated heterocycles. The van der Waals surface area contributed by atoms with Crippen molar-refractivity contribution in [2.24, 2.45) is 0 Å². The van der Waals surface area contributed by atoms with Crippen LogP contribution in [0.4, 0.5) is 0 Å². The fourth-order valence-electron chi connectivity index (χ4n) is 1.89. The lowest BCUT2D eigenvalue weighted by Gasteiger charge is -2.02. The minimum Gasteiger partial charge on any atom is -0.282 e. The van der Waals surface area contributed by atoms with Gasteiger partial charge >= 0.3 is 5.69 Å². The maximum Gasteiger partial charge on any atom is 0.334 e. The molecule has 0 aliphatic rings. The molecule has 0 spiro atoms. The highest BCUT2D eigenvalue weighted by atomic mass is 79.9. The van der Waals surface area contributed by atoms with E-state index in [-0.39, 0.29) is 17.1 Å².